The number of aromatic nitrogens is 2. The summed E-state index contributed by atoms with van der Waals surface area (Å²) in [7, 11) is 0. The molecule has 1 aliphatic heterocycles. The molecule has 0 spiro atoms. The molecular weight excluding hydrogens is 460 g/mol. The van der Waals surface area contributed by atoms with Gasteiger partial charge in [0.05, 0.1) is 12.4 Å². The molecule has 0 N–H and O–H groups in total. The first-order valence-corrected chi connectivity index (χ1v) is 12.7. The lowest BCUT2D eigenvalue weighted by Gasteiger charge is -2.27. The van der Waals surface area contributed by atoms with E-state index in [1.807, 2.05) is 39.8 Å². The van der Waals surface area contributed by atoms with Crippen molar-refractivity contribution >= 4 is 11.9 Å². The van der Waals surface area contributed by atoms with Crippen molar-refractivity contribution in [3.8, 4) is 0 Å². The molecule has 0 saturated carbocycles. The van der Waals surface area contributed by atoms with E-state index >= 15 is 0 Å². The van der Waals surface area contributed by atoms with Crippen LogP contribution in [0.2, 0.25) is 0 Å². The Labute approximate surface area is 213 Å². The minimum atomic E-state index is -0.384. The zero-order valence-corrected chi connectivity index (χ0v) is 22.1. The molecule has 1 aliphatic rings. The largest absolute Gasteiger partial charge is 0.458 e. The number of nitrogens with zero attached hydrogens (tertiary/aromatic N) is 2. The van der Waals surface area contributed by atoms with Gasteiger partial charge in [0.2, 0.25) is 0 Å². The highest BCUT2D eigenvalue weighted by Gasteiger charge is 2.28. The molecule has 3 heterocycles. The van der Waals surface area contributed by atoms with Gasteiger partial charge >= 0.3 is 11.9 Å². The van der Waals surface area contributed by atoms with Gasteiger partial charge in [0.1, 0.15) is 23.7 Å². The fourth-order valence-corrected chi connectivity index (χ4v) is 4.86. The van der Waals surface area contributed by atoms with Crippen LogP contribution in [0.4, 0.5) is 0 Å². The second-order valence-corrected chi connectivity index (χ2v) is 10.3. The van der Waals surface area contributed by atoms with E-state index in [1.54, 1.807) is 26.2 Å². The Morgan fingerprint density at radius 1 is 0.722 bits per heavy atom. The zero-order valence-electron chi connectivity index (χ0n) is 22.1. The summed E-state index contributed by atoms with van der Waals surface area (Å²) in [4.78, 5) is 34.0. The molecule has 8 heteroatoms. The molecule has 36 heavy (non-hydrogen) atoms. The van der Waals surface area contributed by atoms with Crippen LogP contribution < -0.4 is 0 Å². The minimum absolute atomic E-state index is 0.0199. The van der Waals surface area contributed by atoms with E-state index in [9.17, 15) is 9.59 Å². The van der Waals surface area contributed by atoms with Crippen molar-refractivity contribution in [2.45, 2.75) is 79.4 Å². The summed E-state index contributed by atoms with van der Waals surface area (Å²) in [6, 6.07) is 0. The molecular formula is C28H38N2O6. The Morgan fingerprint density at radius 3 is 1.44 bits per heavy atom. The van der Waals surface area contributed by atoms with Crippen molar-refractivity contribution < 1.29 is 27.9 Å². The van der Waals surface area contributed by atoms with Crippen molar-refractivity contribution in [1.82, 2.24) is 9.97 Å². The molecule has 8 nitrogen and oxygen atoms in total. The fraction of sp³-hybridized carbons (Fsp3) is 0.571. The van der Waals surface area contributed by atoms with E-state index in [-0.39, 0.29) is 47.8 Å². The number of cyclic esters (lactones) is 2. The van der Waals surface area contributed by atoms with Crippen LogP contribution in [-0.4, -0.2) is 34.1 Å². The van der Waals surface area contributed by atoms with Crippen molar-refractivity contribution in [2.24, 2.45) is 23.7 Å². The molecule has 0 bridgehead atoms. The Hall–Kier alpha value is -3.16. The van der Waals surface area contributed by atoms with Gasteiger partial charge in [-0.1, -0.05) is 39.8 Å². The quantitative estimate of drug-likeness (QED) is 0.509. The average Bonchev–Trinajstić information content (AvgIpc) is 3.51. The molecule has 0 saturated heterocycles. The molecule has 3 rings (SSSR count). The lowest BCUT2D eigenvalue weighted by Crippen LogP contribution is -2.30. The number of carbonyl (C=O) groups is 2. The molecule has 0 unspecified atom stereocenters. The summed E-state index contributed by atoms with van der Waals surface area (Å²) in [5.74, 6) is 0.843. The lowest BCUT2D eigenvalue weighted by molar-refractivity contribution is -0.147. The molecule has 0 aliphatic carbocycles. The molecule has 2 aromatic rings. The first-order chi connectivity index (χ1) is 17.1. The second kappa shape index (κ2) is 12.7. The van der Waals surface area contributed by atoms with Crippen LogP contribution in [0.25, 0.3) is 0 Å². The summed E-state index contributed by atoms with van der Waals surface area (Å²) >= 11 is 0. The number of carbonyl (C=O) groups excluding carboxylic acids is 2. The Morgan fingerprint density at radius 2 is 1.11 bits per heavy atom. The highest BCUT2D eigenvalue weighted by molar-refractivity contribution is 5.88. The molecule has 196 valence electrons. The SMILES string of the molecule is C/C1=C/[C@H](C)C[C@H](C)[C@H](Cc2cnco2)OC(=O)/C(C)=C/[C@H](C)C[C@H](C)[C@@H](Cc2cnco2)OC1=O. The molecule has 0 fully saturated rings. The Bertz CT molecular complexity index is 956. The third-order valence-electron chi connectivity index (χ3n) is 6.76. The van der Waals surface area contributed by atoms with Crippen molar-refractivity contribution in [3.63, 3.8) is 0 Å². The monoisotopic (exact) mass is 498 g/mol. The highest BCUT2D eigenvalue weighted by Crippen LogP contribution is 2.27. The summed E-state index contributed by atoms with van der Waals surface area (Å²) in [5.41, 5.74) is 1.12. The van der Waals surface area contributed by atoms with E-state index in [4.69, 9.17) is 18.3 Å². The highest BCUT2D eigenvalue weighted by atomic mass is 16.5. The third-order valence-corrected chi connectivity index (χ3v) is 6.76. The molecule has 2 aromatic heterocycles. The first kappa shape index (κ1) is 27.4. The van der Waals surface area contributed by atoms with Gasteiger partial charge in [0, 0.05) is 24.0 Å². The van der Waals surface area contributed by atoms with Crippen LogP contribution in [0.1, 0.15) is 65.9 Å². The standard InChI is InChI=1S/C28H38N2O6/c1-17-7-19(3)25(11-23-13-29-15-33-23)35-28(32)22(6)10-18(2)8-20(4)26(12-24-14-30-16-34-24)36-27(31)21(5)9-17/h9-10,13-20,25-26H,7-8,11-12H2,1-6H3/b21-9-,22-10+/t17-,18-,19+,20+,25+,26-/m1/s1. The van der Waals surface area contributed by atoms with Gasteiger partial charge in [0.15, 0.2) is 12.8 Å². The molecule has 0 amide bonds. The summed E-state index contributed by atoms with van der Waals surface area (Å²) < 4.78 is 22.8. The number of rotatable bonds is 4. The fourth-order valence-electron chi connectivity index (χ4n) is 4.86. The van der Waals surface area contributed by atoms with E-state index in [0.717, 1.165) is 0 Å². The van der Waals surface area contributed by atoms with E-state index in [1.165, 1.54) is 12.8 Å². The van der Waals surface area contributed by atoms with E-state index in [2.05, 4.69) is 9.97 Å². The maximum Gasteiger partial charge on any atom is 0.333 e. The van der Waals surface area contributed by atoms with Gasteiger partial charge in [-0.2, -0.15) is 0 Å². The van der Waals surface area contributed by atoms with Gasteiger partial charge < -0.3 is 18.3 Å². The predicted octanol–water partition coefficient (Wildman–Crippen LogP) is 5.50. The van der Waals surface area contributed by atoms with Crippen LogP contribution in [0.15, 0.2) is 57.3 Å². The molecule has 6 atom stereocenters. The van der Waals surface area contributed by atoms with Crippen LogP contribution in [-0.2, 0) is 31.9 Å². The Kier molecular flexibility index (Phi) is 9.67. The van der Waals surface area contributed by atoms with Crippen molar-refractivity contribution in [2.75, 3.05) is 0 Å². The number of esters is 2. The van der Waals surface area contributed by atoms with Gasteiger partial charge in [-0.15, -0.1) is 0 Å². The third kappa shape index (κ3) is 7.93. The normalized spacial score (nSPS) is 32.1. The van der Waals surface area contributed by atoms with Gasteiger partial charge in [0.25, 0.3) is 0 Å². The number of hydrogen-bond acceptors (Lipinski definition) is 8. The van der Waals surface area contributed by atoms with E-state index < -0.39 is 0 Å². The summed E-state index contributed by atoms with van der Waals surface area (Å²) in [5, 5.41) is 0. The molecule has 0 aromatic carbocycles. The van der Waals surface area contributed by atoms with Gasteiger partial charge in [-0.25, -0.2) is 19.6 Å². The summed E-state index contributed by atoms with van der Waals surface area (Å²) in [6.07, 6.45) is 11.4. The maximum atomic E-state index is 13.0. The van der Waals surface area contributed by atoms with Crippen molar-refractivity contribution in [1.29, 1.82) is 0 Å². The van der Waals surface area contributed by atoms with Crippen LogP contribution in [0.5, 0.6) is 0 Å². The summed E-state index contributed by atoms with van der Waals surface area (Å²) in [6.45, 7) is 11.8. The second-order valence-electron chi connectivity index (χ2n) is 10.3. The van der Waals surface area contributed by atoms with Crippen molar-refractivity contribution in [3.05, 3.63) is 60.0 Å². The van der Waals surface area contributed by atoms with Gasteiger partial charge in [-0.3, -0.25) is 0 Å². The molecule has 0 radical (unpaired) electrons. The van der Waals surface area contributed by atoms with Crippen LogP contribution in [0, 0.1) is 23.7 Å². The lowest BCUT2D eigenvalue weighted by atomic mass is 9.88. The predicted molar refractivity (Wildman–Crippen MR) is 134 cm³/mol. The van der Waals surface area contributed by atoms with E-state index in [0.29, 0.717) is 48.3 Å². The smallest absolute Gasteiger partial charge is 0.333 e. The zero-order chi connectivity index (χ0) is 26.2. The number of hydrogen-bond donors (Lipinski definition) is 0. The number of allylic oxidation sites excluding steroid dienone is 2. The van der Waals surface area contributed by atoms with Crippen LogP contribution >= 0.6 is 0 Å². The first-order valence-electron chi connectivity index (χ1n) is 12.7. The average molecular weight is 499 g/mol. The Balaban J connectivity index is 1.87. The number of ether oxygens (including phenoxy) is 2. The van der Waals surface area contributed by atoms with Gasteiger partial charge in [-0.05, 0) is 50.4 Å². The topological polar surface area (TPSA) is 105 Å². The number of oxazole rings is 2. The maximum absolute atomic E-state index is 13.0. The van der Waals surface area contributed by atoms with Crippen LogP contribution in [0.3, 0.4) is 0 Å². The minimum Gasteiger partial charge on any atom is -0.458 e.